The Morgan fingerprint density at radius 2 is 1.89 bits per heavy atom. The Morgan fingerprint density at radius 3 is 2.72 bits per heavy atom. The van der Waals surface area contributed by atoms with Crippen molar-refractivity contribution in [2.24, 2.45) is 0 Å². The van der Waals surface area contributed by atoms with Crippen molar-refractivity contribution in [3.8, 4) is 0 Å². The second kappa shape index (κ2) is 4.66. The number of amides is 1. The molecule has 0 bridgehead atoms. The fraction of sp³-hybridized carbons (Fsp3) is 0. The molecule has 88 valence electrons. The maximum absolute atomic E-state index is 11.9. The summed E-state index contributed by atoms with van der Waals surface area (Å²) in [6.45, 7) is 0. The van der Waals surface area contributed by atoms with Gasteiger partial charge in [0.2, 0.25) is 0 Å². The molecule has 1 aromatic carbocycles. The fourth-order valence-corrected chi connectivity index (χ4v) is 2.66. The highest BCUT2D eigenvalue weighted by Gasteiger charge is 2.20. The average molecular weight is 254 g/mol. The maximum atomic E-state index is 11.9. The van der Waals surface area contributed by atoms with Gasteiger partial charge in [-0.1, -0.05) is 23.9 Å². The van der Waals surface area contributed by atoms with Crippen LogP contribution in [0.4, 0.5) is 5.69 Å². The highest BCUT2D eigenvalue weighted by atomic mass is 32.2. The molecule has 1 aliphatic rings. The quantitative estimate of drug-likeness (QED) is 0.795. The van der Waals surface area contributed by atoms with Crippen LogP contribution in [0.5, 0.6) is 0 Å². The van der Waals surface area contributed by atoms with Gasteiger partial charge in [0.05, 0.1) is 10.6 Å². The number of fused-ring (bicyclic) bond motifs is 1. The first kappa shape index (κ1) is 11.0. The zero-order valence-electron chi connectivity index (χ0n) is 9.46. The third kappa shape index (κ3) is 2.15. The van der Waals surface area contributed by atoms with Gasteiger partial charge < -0.3 is 5.32 Å². The van der Waals surface area contributed by atoms with E-state index >= 15 is 0 Å². The second-order valence-corrected chi connectivity index (χ2v) is 4.93. The van der Waals surface area contributed by atoms with Gasteiger partial charge in [-0.15, -0.1) is 0 Å². The van der Waals surface area contributed by atoms with Gasteiger partial charge >= 0.3 is 0 Å². The van der Waals surface area contributed by atoms with E-state index in [4.69, 9.17) is 0 Å². The lowest BCUT2D eigenvalue weighted by molar-refractivity contribution is -0.112. The van der Waals surface area contributed by atoms with E-state index in [9.17, 15) is 4.79 Å². The number of hydrogen-bond donors (Lipinski definition) is 1. The molecule has 0 saturated carbocycles. The van der Waals surface area contributed by atoms with Crippen LogP contribution in [0.15, 0.2) is 58.6 Å². The summed E-state index contributed by atoms with van der Waals surface area (Å²) in [5.41, 5.74) is 1.85. The summed E-state index contributed by atoms with van der Waals surface area (Å²) < 4.78 is 0. The Bertz CT molecular complexity index is 623. The van der Waals surface area contributed by atoms with Gasteiger partial charge in [0.15, 0.2) is 0 Å². The van der Waals surface area contributed by atoms with Gasteiger partial charge in [-0.05, 0) is 35.9 Å². The first-order chi connectivity index (χ1) is 8.83. The molecule has 1 aliphatic heterocycles. The number of benzene rings is 1. The number of rotatable bonds is 1. The molecule has 2 heterocycles. The highest BCUT2D eigenvalue weighted by Crippen LogP contribution is 2.38. The van der Waals surface area contributed by atoms with Crippen molar-refractivity contribution in [2.75, 3.05) is 5.32 Å². The minimum Gasteiger partial charge on any atom is -0.320 e. The summed E-state index contributed by atoms with van der Waals surface area (Å²) in [5.74, 6) is -0.0597. The molecule has 3 nitrogen and oxygen atoms in total. The first-order valence-electron chi connectivity index (χ1n) is 5.53. The molecule has 0 unspecified atom stereocenters. The molecule has 4 heteroatoms. The largest absolute Gasteiger partial charge is 0.320 e. The van der Waals surface area contributed by atoms with Crippen LogP contribution in [0.2, 0.25) is 0 Å². The van der Waals surface area contributed by atoms with Crippen LogP contribution in [-0.4, -0.2) is 10.9 Å². The maximum Gasteiger partial charge on any atom is 0.262 e. The number of anilines is 1. The Labute approximate surface area is 109 Å². The van der Waals surface area contributed by atoms with Crippen molar-refractivity contribution in [1.82, 2.24) is 4.98 Å². The van der Waals surface area contributed by atoms with Gasteiger partial charge in [0.25, 0.3) is 5.91 Å². The normalized spacial score (nSPS) is 16.2. The van der Waals surface area contributed by atoms with Crippen molar-refractivity contribution < 1.29 is 4.79 Å². The third-order valence-electron chi connectivity index (χ3n) is 2.58. The molecular formula is C14H10N2OS. The number of carbonyl (C=O) groups excluding carboxylic acids is 1. The standard InChI is InChI=1S/C14H10N2OS/c17-14-13(9-10-5-7-15-8-6-10)18-12-4-2-1-3-11(12)16-14/h1-9H,(H,16,17). The van der Waals surface area contributed by atoms with Crippen LogP contribution in [-0.2, 0) is 4.79 Å². The molecule has 2 aromatic rings. The highest BCUT2D eigenvalue weighted by molar-refractivity contribution is 8.04. The van der Waals surface area contributed by atoms with Crippen LogP contribution >= 0.6 is 11.8 Å². The summed E-state index contributed by atoms with van der Waals surface area (Å²) in [6.07, 6.45) is 5.30. The zero-order chi connectivity index (χ0) is 12.4. The Morgan fingerprint density at radius 1 is 1.11 bits per heavy atom. The molecule has 18 heavy (non-hydrogen) atoms. The molecule has 1 aromatic heterocycles. The predicted molar refractivity (Wildman–Crippen MR) is 73.1 cm³/mol. The molecule has 0 atom stereocenters. The molecule has 0 spiro atoms. The van der Waals surface area contributed by atoms with Crippen molar-refractivity contribution in [3.05, 3.63) is 59.3 Å². The minimum absolute atomic E-state index is 0.0597. The number of carbonyl (C=O) groups is 1. The van der Waals surface area contributed by atoms with E-state index in [1.54, 1.807) is 12.4 Å². The van der Waals surface area contributed by atoms with E-state index in [1.165, 1.54) is 11.8 Å². The molecule has 0 saturated heterocycles. The number of thioether (sulfide) groups is 1. The monoisotopic (exact) mass is 254 g/mol. The molecule has 1 N–H and O–H groups in total. The summed E-state index contributed by atoms with van der Waals surface area (Å²) in [5, 5.41) is 2.89. The average Bonchev–Trinajstić information content (AvgIpc) is 2.41. The van der Waals surface area contributed by atoms with E-state index in [0.29, 0.717) is 4.91 Å². The smallest absolute Gasteiger partial charge is 0.262 e. The lowest BCUT2D eigenvalue weighted by Gasteiger charge is -2.18. The Hall–Kier alpha value is -2.07. The number of aromatic nitrogens is 1. The van der Waals surface area contributed by atoms with E-state index in [-0.39, 0.29) is 5.91 Å². The van der Waals surface area contributed by atoms with Gasteiger partial charge in [-0.3, -0.25) is 9.78 Å². The number of para-hydroxylation sites is 1. The molecule has 3 rings (SSSR count). The summed E-state index contributed by atoms with van der Waals surface area (Å²) in [6, 6.07) is 11.5. The van der Waals surface area contributed by atoms with Crippen molar-refractivity contribution >= 4 is 29.4 Å². The lowest BCUT2D eigenvalue weighted by atomic mass is 10.2. The SMILES string of the molecule is O=C1Nc2ccccc2SC1=Cc1ccncc1. The van der Waals surface area contributed by atoms with E-state index < -0.39 is 0 Å². The summed E-state index contributed by atoms with van der Waals surface area (Å²) >= 11 is 1.49. The predicted octanol–water partition coefficient (Wildman–Crippen LogP) is 3.17. The van der Waals surface area contributed by atoms with E-state index in [0.717, 1.165) is 16.1 Å². The molecule has 0 fully saturated rings. The number of nitrogens with zero attached hydrogens (tertiary/aromatic N) is 1. The van der Waals surface area contributed by atoms with Crippen LogP contribution in [0.25, 0.3) is 6.08 Å². The van der Waals surface area contributed by atoms with Crippen LogP contribution < -0.4 is 5.32 Å². The van der Waals surface area contributed by atoms with Gasteiger partial charge in [-0.25, -0.2) is 0 Å². The Kier molecular flexibility index (Phi) is 2.86. The molecule has 0 aliphatic carbocycles. The van der Waals surface area contributed by atoms with E-state index in [1.807, 2.05) is 42.5 Å². The lowest BCUT2D eigenvalue weighted by Crippen LogP contribution is -2.17. The molecule has 0 radical (unpaired) electrons. The van der Waals surface area contributed by atoms with Crippen LogP contribution in [0.3, 0.4) is 0 Å². The zero-order valence-corrected chi connectivity index (χ0v) is 10.3. The van der Waals surface area contributed by atoms with Crippen molar-refractivity contribution in [2.45, 2.75) is 4.90 Å². The topological polar surface area (TPSA) is 42.0 Å². The number of pyridine rings is 1. The van der Waals surface area contributed by atoms with Crippen LogP contribution in [0.1, 0.15) is 5.56 Å². The van der Waals surface area contributed by atoms with Crippen molar-refractivity contribution in [1.29, 1.82) is 0 Å². The minimum atomic E-state index is -0.0597. The van der Waals surface area contributed by atoms with Gasteiger partial charge in [-0.2, -0.15) is 0 Å². The van der Waals surface area contributed by atoms with Crippen LogP contribution in [0, 0.1) is 0 Å². The summed E-state index contributed by atoms with van der Waals surface area (Å²) in [4.78, 5) is 17.7. The molecular weight excluding hydrogens is 244 g/mol. The fourth-order valence-electron chi connectivity index (χ4n) is 1.71. The van der Waals surface area contributed by atoms with Gasteiger partial charge in [0, 0.05) is 17.3 Å². The van der Waals surface area contributed by atoms with E-state index in [2.05, 4.69) is 10.3 Å². The third-order valence-corrected chi connectivity index (χ3v) is 3.68. The Balaban J connectivity index is 1.96. The summed E-state index contributed by atoms with van der Waals surface area (Å²) in [7, 11) is 0. The van der Waals surface area contributed by atoms with Gasteiger partial charge in [0.1, 0.15) is 0 Å². The number of hydrogen-bond acceptors (Lipinski definition) is 3. The van der Waals surface area contributed by atoms with Crippen molar-refractivity contribution in [3.63, 3.8) is 0 Å². The first-order valence-corrected chi connectivity index (χ1v) is 6.34. The number of nitrogens with one attached hydrogen (secondary N) is 1. The molecule has 1 amide bonds. The second-order valence-electron chi connectivity index (χ2n) is 3.84.